The maximum Gasteiger partial charge on any atom is 0.234 e. The van der Waals surface area contributed by atoms with Crippen LogP contribution in [0.2, 0.25) is 0 Å². The molecule has 0 fully saturated rings. The SMILES string of the molecule is CC(=O)N1CCc2cc(NC(=O)CSc3nnc(Cc4cccs4)n3-c3ccccc3)ccc21. The molecule has 34 heavy (non-hydrogen) atoms. The average Bonchev–Trinajstić information content (AvgIpc) is 3.58. The van der Waals surface area contributed by atoms with Crippen molar-refractivity contribution >= 4 is 46.3 Å². The Hall–Kier alpha value is -3.43. The largest absolute Gasteiger partial charge is 0.325 e. The number of para-hydroxylation sites is 1. The number of carbonyl (C=O) groups is 2. The first-order valence-electron chi connectivity index (χ1n) is 10.9. The second-order valence-electron chi connectivity index (χ2n) is 7.93. The van der Waals surface area contributed by atoms with E-state index in [4.69, 9.17) is 0 Å². The maximum atomic E-state index is 12.7. The Kier molecular flexibility index (Phi) is 6.46. The Morgan fingerprint density at radius 3 is 2.71 bits per heavy atom. The van der Waals surface area contributed by atoms with E-state index >= 15 is 0 Å². The predicted molar refractivity (Wildman–Crippen MR) is 136 cm³/mol. The molecular weight excluding hydrogens is 466 g/mol. The highest BCUT2D eigenvalue weighted by molar-refractivity contribution is 7.99. The molecular formula is C25H23N5O2S2. The quantitative estimate of drug-likeness (QED) is 0.385. The van der Waals surface area contributed by atoms with Gasteiger partial charge in [-0.1, -0.05) is 36.0 Å². The third-order valence-corrected chi connectivity index (χ3v) is 7.40. The van der Waals surface area contributed by atoms with Gasteiger partial charge in [0, 0.05) is 41.8 Å². The Morgan fingerprint density at radius 1 is 1.09 bits per heavy atom. The van der Waals surface area contributed by atoms with E-state index in [1.54, 1.807) is 23.2 Å². The first-order chi connectivity index (χ1) is 16.6. The first kappa shape index (κ1) is 22.4. The third-order valence-electron chi connectivity index (χ3n) is 5.60. The van der Waals surface area contributed by atoms with Crippen molar-refractivity contribution in [2.45, 2.75) is 24.9 Å². The number of hydrogen-bond acceptors (Lipinski definition) is 6. The van der Waals surface area contributed by atoms with Gasteiger partial charge in [-0.25, -0.2) is 0 Å². The van der Waals surface area contributed by atoms with E-state index in [2.05, 4.69) is 27.0 Å². The van der Waals surface area contributed by atoms with E-state index in [0.717, 1.165) is 34.9 Å². The number of anilines is 2. The highest BCUT2D eigenvalue weighted by atomic mass is 32.2. The average molecular weight is 490 g/mol. The van der Waals surface area contributed by atoms with Gasteiger partial charge in [-0.15, -0.1) is 21.5 Å². The minimum atomic E-state index is -0.117. The van der Waals surface area contributed by atoms with Crippen LogP contribution in [0, 0.1) is 0 Å². The number of rotatable bonds is 7. The van der Waals surface area contributed by atoms with Crippen LogP contribution in [-0.2, 0) is 22.4 Å². The minimum Gasteiger partial charge on any atom is -0.325 e. The molecule has 5 rings (SSSR count). The molecule has 1 aliphatic heterocycles. The molecule has 0 saturated carbocycles. The number of thiophene rings is 1. The first-order valence-corrected chi connectivity index (χ1v) is 12.8. The van der Waals surface area contributed by atoms with E-state index in [1.807, 2.05) is 59.2 Å². The van der Waals surface area contributed by atoms with Gasteiger partial charge >= 0.3 is 0 Å². The van der Waals surface area contributed by atoms with Crippen LogP contribution in [0.25, 0.3) is 5.69 Å². The molecule has 1 N–H and O–H groups in total. The van der Waals surface area contributed by atoms with Crippen LogP contribution < -0.4 is 10.2 Å². The molecule has 2 aromatic heterocycles. The number of fused-ring (bicyclic) bond motifs is 1. The zero-order valence-corrected chi connectivity index (χ0v) is 20.2. The molecule has 4 aromatic rings. The van der Waals surface area contributed by atoms with Crippen LogP contribution in [0.1, 0.15) is 23.2 Å². The zero-order valence-electron chi connectivity index (χ0n) is 18.6. The van der Waals surface area contributed by atoms with Crippen molar-refractivity contribution in [1.29, 1.82) is 0 Å². The van der Waals surface area contributed by atoms with Crippen molar-refractivity contribution in [2.75, 3.05) is 22.5 Å². The number of benzene rings is 2. The Balaban J connectivity index is 1.29. The number of carbonyl (C=O) groups excluding carboxylic acids is 2. The smallest absolute Gasteiger partial charge is 0.234 e. The number of hydrogen-bond donors (Lipinski definition) is 1. The summed E-state index contributed by atoms with van der Waals surface area (Å²) in [7, 11) is 0. The van der Waals surface area contributed by atoms with Crippen molar-refractivity contribution < 1.29 is 9.59 Å². The molecule has 1 aliphatic rings. The number of thioether (sulfide) groups is 1. The van der Waals surface area contributed by atoms with Crippen LogP contribution in [0.4, 0.5) is 11.4 Å². The number of amides is 2. The van der Waals surface area contributed by atoms with Crippen molar-refractivity contribution in [3.8, 4) is 5.69 Å². The topological polar surface area (TPSA) is 80.1 Å². The molecule has 0 unspecified atom stereocenters. The van der Waals surface area contributed by atoms with Gasteiger partial charge in [0.1, 0.15) is 5.82 Å². The van der Waals surface area contributed by atoms with E-state index in [9.17, 15) is 9.59 Å². The second kappa shape index (κ2) is 9.82. The van der Waals surface area contributed by atoms with Crippen molar-refractivity contribution in [3.05, 3.63) is 82.3 Å². The van der Waals surface area contributed by atoms with Gasteiger partial charge in [0.2, 0.25) is 11.8 Å². The van der Waals surface area contributed by atoms with Crippen molar-refractivity contribution in [3.63, 3.8) is 0 Å². The highest BCUT2D eigenvalue weighted by Crippen LogP contribution is 2.31. The summed E-state index contributed by atoms with van der Waals surface area (Å²) in [5, 5.41) is 14.5. The Morgan fingerprint density at radius 2 is 1.94 bits per heavy atom. The van der Waals surface area contributed by atoms with Crippen LogP contribution >= 0.6 is 23.1 Å². The standard InChI is InChI=1S/C25H23N5O2S2/c1-17(31)29-12-11-18-14-19(9-10-22(18)29)26-24(32)16-34-25-28-27-23(15-21-8-5-13-33-21)30(25)20-6-3-2-4-7-20/h2-10,13-14H,11-12,15-16H2,1H3,(H,26,32). The van der Waals surface area contributed by atoms with E-state index in [1.165, 1.54) is 16.6 Å². The molecule has 172 valence electrons. The maximum absolute atomic E-state index is 12.7. The van der Waals surface area contributed by atoms with Gasteiger partial charge in [-0.05, 0) is 53.8 Å². The lowest BCUT2D eigenvalue weighted by atomic mass is 10.1. The normalized spacial score (nSPS) is 12.6. The van der Waals surface area contributed by atoms with E-state index in [-0.39, 0.29) is 17.6 Å². The summed E-state index contributed by atoms with van der Waals surface area (Å²) in [6.45, 7) is 2.25. The predicted octanol–water partition coefficient (Wildman–Crippen LogP) is 4.56. The molecule has 2 amide bonds. The molecule has 0 radical (unpaired) electrons. The lowest BCUT2D eigenvalue weighted by Gasteiger charge is -2.15. The summed E-state index contributed by atoms with van der Waals surface area (Å²) in [4.78, 5) is 27.4. The Labute approximate surface area is 205 Å². The van der Waals surface area contributed by atoms with Gasteiger partial charge in [-0.2, -0.15) is 0 Å². The zero-order chi connectivity index (χ0) is 23.5. The fourth-order valence-electron chi connectivity index (χ4n) is 4.05. The molecule has 2 aromatic carbocycles. The minimum absolute atomic E-state index is 0.0351. The van der Waals surface area contributed by atoms with Gasteiger partial charge in [0.25, 0.3) is 0 Å². The van der Waals surface area contributed by atoms with Crippen LogP contribution in [0.3, 0.4) is 0 Å². The summed E-state index contributed by atoms with van der Waals surface area (Å²) in [5.41, 5.74) is 3.70. The van der Waals surface area contributed by atoms with Gasteiger partial charge in [0.05, 0.1) is 5.75 Å². The lowest BCUT2D eigenvalue weighted by molar-refractivity contribution is -0.116. The third kappa shape index (κ3) is 4.76. The summed E-state index contributed by atoms with van der Waals surface area (Å²) >= 11 is 3.05. The molecule has 0 saturated heterocycles. The monoisotopic (exact) mass is 489 g/mol. The molecule has 0 atom stereocenters. The van der Waals surface area contributed by atoms with Gasteiger partial charge < -0.3 is 10.2 Å². The molecule has 0 spiro atoms. The van der Waals surface area contributed by atoms with Crippen LogP contribution in [-0.4, -0.2) is 38.9 Å². The number of aromatic nitrogens is 3. The molecule has 0 aliphatic carbocycles. The highest BCUT2D eigenvalue weighted by Gasteiger charge is 2.22. The molecule has 9 heteroatoms. The molecule has 7 nitrogen and oxygen atoms in total. The fourth-order valence-corrected chi connectivity index (χ4v) is 5.52. The van der Waals surface area contributed by atoms with Crippen LogP contribution in [0.5, 0.6) is 0 Å². The van der Waals surface area contributed by atoms with Gasteiger partial charge in [-0.3, -0.25) is 14.2 Å². The lowest BCUT2D eigenvalue weighted by Crippen LogP contribution is -2.25. The van der Waals surface area contributed by atoms with Crippen LogP contribution in [0.15, 0.2) is 71.2 Å². The summed E-state index contributed by atoms with van der Waals surface area (Å²) < 4.78 is 2.02. The second-order valence-corrected chi connectivity index (χ2v) is 9.90. The van der Waals surface area contributed by atoms with Crippen molar-refractivity contribution in [2.24, 2.45) is 0 Å². The van der Waals surface area contributed by atoms with Gasteiger partial charge in [0.15, 0.2) is 5.16 Å². The number of nitrogens with one attached hydrogen (secondary N) is 1. The summed E-state index contributed by atoms with van der Waals surface area (Å²) in [6, 6.07) is 19.8. The van der Waals surface area contributed by atoms with E-state index in [0.29, 0.717) is 18.1 Å². The summed E-state index contributed by atoms with van der Waals surface area (Å²) in [5.74, 6) is 0.965. The van der Waals surface area contributed by atoms with Crippen molar-refractivity contribution in [1.82, 2.24) is 14.8 Å². The van der Waals surface area contributed by atoms with E-state index < -0.39 is 0 Å². The molecule has 3 heterocycles. The summed E-state index contributed by atoms with van der Waals surface area (Å²) in [6.07, 6.45) is 1.47. The Bertz CT molecular complexity index is 1320. The number of nitrogens with zero attached hydrogens (tertiary/aromatic N) is 4. The fraction of sp³-hybridized carbons (Fsp3) is 0.200. The molecule has 0 bridgehead atoms.